The van der Waals surface area contributed by atoms with Gasteiger partial charge >= 0.3 is 0 Å². The third kappa shape index (κ3) is 3.46. The van der Waals surface area contributed by atoms with Gasteiger partial charge in [-0.25, -0.2) is 9.97 Å². The summed E-state index contributed by atoms with van der Waals surface area (Å²) in [5.74, 6) is 0.391. The van der Waals surface area contributed by atoms with Crippen molar-refractivity contribution < 1.29 is 4.79 Å². The highest BCUT2D eigenvalue weighted by Crippen LogP contribution is 2.24. The SMILES string of the molecule is CCCNC(=O)c1cnc(-c2cccnc2)nc1-c1ccccc1. The minimum Gasteiger partial charge on any atom is -0.352 e. The first-order valence-corrected chi connectivity index (χ1v) is 7.90. The molecular weight excluding hydrogens is 300 g/mol. The van der Waals surface area contributed by atoms with Crippen LogP contribution >= 0.6 is 0 Å². The Morgan fingerprint density at radius 1 is 1.04 bits per heavy atom. The molecule has 0 aliphatic carbocycles. The van der Waals surface area contributed by atoms with Crippen molar-refractivity contribution in [3.63, 3.8) is 0 Å². The summed E-state index contributed by atoms with van der Waals surface area (Å²) in [5.41, 5.74) is 2.79. The predicted octanol–water partition coefficient (Wildman–Crippen LogP) is 3.35. The number of carbonyl (C=O) groups excluding carboxylic acids is 1. The number of carbonyl (C=O) groups is 1. The van der Waals surface area contributed by atoms with Crippen molar-refractivity contribution in [1.29, 1.82) is 0 Å². The molecule has 1 amide bonds. The number of pyridine rings is 1. The topological polar surface area (TPSA) is 67.8 Å². The zero-order chi connectivity index (χ0) is 16.8. The standard InChI is InChI=1S/C19H18N4O/c1-2-10-21-19(24)16-13-22-18(15-9-6-11-20-12-15)23-17(16)14-7-4-3-5-8-14/h3-9,11-13H,2,10H2,1H3,(H,21,24). The van der Waals surface area contributed by atoms with Crippen LogP contribution in [-0.4, -0.2) is 27.4 Å². The third-order valence-electron chi connectivity index (χ3n) is 3.54. The second kappa shape index (κ2) is 7.46. The highest BCUT2D eigenvalue weighted by molar-refractivity contribution is 5.99. The Morgan fingerprint density at radius 3 is 2.54 bits per heavy atom. The minimum absolute atomic E-state index is 0.159. The molecule has 0 aliphatic rings. The Labute approximate surface area is 140 Å². The van der Waals surface area contributed by atoms with Crippen LogP contribution in [0, 0.1) is 0 Å². The molecule has 0 radical (unpaired) electrons. The van der Waals surface area contributed by atoms with Crippen molar-refractivity contribution in [2.45, 2.75) is 13.3 Å². The van der Waals surface area contributed by atoms with Gasteiger partial charge in [0.1, 0.15) is 0 Å². The highest BCUT2D eigenvalue weighted by atomic mass is 16.1. The molecule has 1 N–H and O–H groups in total. The molecule has 0 spiro atoms. The van der Waals surface area contributed by atoms with Crippen molar-refractivity contribution in [1.82, 2.24) is 20.3 Å². The molecule has 120 valence electrons. The zero-order valence-corrected chi connectivity index (χ0v) is 13.4. The lowest BCUT2D eigenvalue weighted by atomic mass is 10.1. The zero-order valence-electron chi connectivity index (χ0n) is 13.4. The fourth-order valence-electron chi connectivity index (χ4n) is 2.33. The summed E-state index contributed by atoms with van der Waals surface area (Å²) in [7, 11) is 0. The van der Waals surface area contributed by atoms with Gasteiger partial charge in [-0.3, -0.25) is 9.78 Å². The van der Waals surface area contributed by atoms with Crippen LogP contribution in [-0.2, 0) is 0 Å². The van der Waals surface area contributed by atoms with Crippen molar-refractivity contribution >= 4 is 5.91 Å². The average molecular weight is 318 g/mol. The van der Waals surface area contributed by atoms with E-state index in [2.05, 4.69) is 20.3 Å². The number of hydrogen-bond acceptors (Lipinski definition) is 4. The first-order chi connectivity index (χ1) is 11.8. The summed E-state index contributed by atoms with van der Waals surface area (Å²) < 4.78 is 0. The van der Waals surface area contributed by atoms with Gasteiger partial charge in [-0.1, -0.05) is 37.3 Å². The number of amides is 1. The van der Waals surface area contributed by atoms with E-state index in [1.165, 1.54) is 0 Å². The van der Waals surface area contributed by atoms with Crippen LogP contribution < -0.4 is 5.32 Å². The largest absolute Gasteiger partial charge is 0.352 e. The van der Waals surface area contributed by atoms with E-state index in [0.29, 0.717) is 23.6 Å². The molecule has 3 aromatic rings. The summed E-state index contributed by atoms with van der Waals surface area (Å²) in [6.45, 7) is 2.64. The Morgan fingerprint density at radius 2 is 1.83 bits per heavy atom. The number of benzene rings is 1. The monoisotopic (exact) mass is 318 g/mol. The molecule has 0 fully saturated rings. The molecule has 24 heavy (non-hydrogen) atoms. The van der Waals surface area contributed by atoms with Crippen molar-refractivity contribution in [3.8, 4) is 22.6 Å². The number of aromatic nitrogens is 3. The maximum atomic E-state index is 12.4. The van der Waals surface area contributed by atoms with E-state index < -0.39 is 0 Å². The van der Waals surface area contributed by atoms with Gasteiger partial charge in [0, 0.05) is 36.3 Å². The van der Waals surface area contributed by atoms with Crippen LogP contribution in [0.2, 0.25) is 0 Å². The molecule has 0 saturated heterocycles. The molecule has 5 heteroatoms. The maximum Gasteiger partial charge on any atom is 0.255 e. The van der Waals surface area contributed by atoms with E-state index in [4.69, 9.17) is 0 Å². The van der Waals surface area contributed by atoms with Gasteiger partial charge in [0.15, 0.2) is 5.82 Å². The second-order valence-electron chi connectivity index (χ2n) is 5.32. The molecule has 0 saturated carbocycles. The maximum absolute atomic E-state index is 12.4. The van der Waals surface area contributed by atoms with E-state index in [9.17, 15) is 4.79 Å². The van der Waals surface area contributed by atoms with Crippen molar-refractivity contribution in [2.24, 2.45) is 0 Å². The summed E-state index contributed by atoms with van der Waals surface area (Å²) >= 11 is 0. The fourth-order valence-corrected chi connectivity index (χ4v) is 2.33. The van der Waals surface area contributed by atoms with Crippen LogP contribution in [0.25, 0.3) is 22.6 Å². The quantitative estimate of drug-likeness (QED) is 0.783. The van der Waals surface area contributed by atoms with Crippen LogP contribution in [0.4, 0.5) is 0 Å². The first kappa shape index (κ1) is 15.8. The number of rotatable bonds is 5. The number of hydrogen-bond donors (Lipinski definition) is 1. The van der Waals surface area contributed by atoms with Crippen LogP contribution in [0.15, 0.2) is 61.1 Å². The van der Waals surface area contributed by atoms with E-state index in [1.54, 1.807) is 18.6 Å². The highest BCUT2D eigenvalue weighted by Gasteiger charge is 2.16. The molecule has 0 aliphatic heterocycles. The summed E-state index contributed by atoms with van der Waals surface area (Å²) in [6, 6.07) is 13.4. The van der Waals surface area contributed by atoms with Crippen LogP contribution in [0.3, 0.4) is 0 Å². The number of nitrogens with one attached hydrogen (secondary N) is 1. The Balaban J connectivity index is 2.08. The summed E-state index contributed by atoms with van der Waals surface area (Å²) in [5, 5.41) is 2.89. The lowest BCUT2D eigenvalue weighted by Crippen LogP contribution is -2.25. The van der Waals surface area contributed by atoms with E-state index in [0.717, 1.165) is 17.5 Å². The molecule has 0 bridgehead atoms. The molecule has 0 unspecified atom stereocenters. The van der Waals surface area contributed by atoms with Crippen molar-refractivity contribution in [2.75, 3.05) is 6.54 Å². The van der Waals surface area contributed by atoms with Gasteiger partial charge in [-0.2, -0.15) is 0 Å². The third-order valence-corrected chi connectivity index (χ3v) is 3.54. The normalized spacial score (nSPS) is 10.4. The van der Waals surface area contributed by atoms with Gasteiger partial charge < -0.3 is 5.32 Å². The lowest BCUT2D eigenvalue weighted by Gasteiger charge is -2.10. The number of nitrogens with zero attached hydrogens (tertiary/aromatic N) is 3. The summed E-state index contributed by atoms with van der Waals surface area (Å²) in [4.78, 5) is 25.5. The Hall–Kier alpha value is -3.08. The Kier molecular flexibility index (Phi) is 4.91. The van der Waals surface area contributed by atoms with Gasteiger partial charge in [-0.15, -0.1) is 0 Å². The minimum atomic E-state index is -0.159. The van der Waals surface area contributed by atoms with E-state index in [-0.39, 0.29) is 5.91 Å². The smallest absolute Gasteiger partial charge is 0.255 e. The van der Waals surface area contributed by atoms with E-state index in [1.807, 2.05) is 49.4 Å². The van der Waals surface area contributed by atoms with Crippen molar-refractivity contribution in [3.05, 3.63) is 66.6 Å². The predicted molar refractivity (Wildman–Crippen MR) is 93.3 cm³/mol. The molecule has 2 aromatic heterocycles. The lowest BCUT2D eigenvalue weighted by molar-refractivity contribution is 0.0953. The molecule has 5 nitrogen and oxygen atoms in total. The van der Waals surface area contributed by atoms with Crippen LogP contribution in [0.5, 0.6) is 0 Å². The molecule has 3 rings (SSSR count). The van der Waals surface area contributed by atoms with E-state index >= 15 is 0 Å². The summed E-state index contributed by atoms with van der Waals surface area (Å²) in [6.07, 6.45) is 5.87. The van der Waals surface area contributed by atoms with Gasteiger partial charge in [0.25, 0.3) is 5.91 Å². The molecule has 1 aromatic carbocycles. The van der Waals surface area contributed by atoms with Gasteiger partial charge in [0.05, 0.1) is 11.3 Å². The molecular formula is C19H18N4O. The molecule has 2 heterocycles. The Bertz CT molecular complexity index is 819. The average Bonchev–Trinajstić information content (AvgIpc) is 2.67. The fraction of sp³-hybridized carbons (Fsp3) is 0.158. The van der Waals surface area contributed by atoms with Gasteiger partial charge in [-0.05, 0) is 18.6 Å². The van der Waals surface area contributed by atoms with Crippen LogP contribution in [0.1, 0.15) is 23.7 Å². The first-order valence-electron chi connectivity index (χ1n) is 7.90. The van der Waals surface area contributed by atoms with Gasteiger partial charge in [0.2, 0.25) is 0 Å². The molecule has 0 atom stereocenters. The second-order valence-corrected chi connectivity index (χ2v) is 5.32.